The zero-order valence-electron chi connectivity index (χ0n) is 13.0. The van der Waals surface area contributed by atoms with Crippen LogP contribution in [0.4, 0.5) is 0 Å². The van der Waals surface area contributed by atoms with Crippen LogP contribution in [0.2, 0.25) is 6.04 Å². The molecule has 0 atom stereocenters. The van der Waals surface area contributed by atoms with Crippen LogP contribution in [0.3, 0.4) is 0 Å². The van der Waals surface area contributed by atoms with Crippen molar-refractivity contribution in [3.05, 3.63) is 0 Å². The van der Waals surface area contributed by atoms with E-state index in [-0.39, 0.29) is 5.96 Å². The van der Waals surface area contributed by atoms with Crippen LogP contribution in [-0.2, 0) is 13.3 Å². The molecule has 0 amide bonds. The molecule has 0 fully saturated rings. The molecule has 0 radical (unpaired) electrons. The summed E-state index contributed by atoms with van der Waals surface area (Å²) in [7, 11) is -2.49. The number of hydrogen-bond donors (Lipinski definition) is 4. The summed E-state index contributed by atoms with van der Waals surface area (Å²) < 4.78 is 17.3. The molecule has 0 bridgehead atoms. The zero-order valence-corrected chi connectivity index (χ0v) is 14.0. The highest BCUT2D eigenvalue weighted by atomic mass is 28.4. The molecule has 0 saturated carbocycles. The van der Waals surface area contributed by atoms with Crippen molar-refractivity contribution in [3.63, 3.8) is 0 Å². The average Bonchev–Trinajstić information content (AvgIpc) is 2.38. The van der Waals surface area contributed by atoms with E-state index in [1.807, 2.05) is 20.8 Å². The fourth-order valence-electron chi connectivity index (χ4n) is 1.84. The summed E-state index contributed by atoms with van der Waals surface area (Å²) in [5.41, 5.74) is 5.19. The summed E-state index contributed by atoms with van der Waals surface area (Å²) in [6.45, 7) is 10.0. The van der Waals surface area contributed by atoms with Gasteiger partial charge in [0.15, 0.2) is 5.96 Å². The van der Waals surface area contributed by atoms with Gasteiger partial charge in [0.05, 0.1) is 0 Å². The lowest BCUT2D eigenvalue weighted by atomic mass is 10.4. The predicted molar refractivity (Wildman–Crippen MR) is 82.8 cm³/mol. The van der Waals surface area contributed by atoms with Gasteiger partial charge in [-0.3, -0.25) is 5.41 Å². The highest BCUT2D eigenvalue weighted by Crippen LogP contribution is 2.17. The van der Waals surface area contributed by atoms with Gasteiger partial charge in [0.1, 0.15) is 0 Å². The van der Waals surface area contributed by atoms with E-state index in [0.29, 0.717) is 26.4 Å². The van der Waals surface area contributed by atoms with Crippen molar-refractivity contribution >= 4 is 14.8 Å². The first kappa shape index (κ1) is 19.3. The van der Waals surface area contributed by atoms with Crippen molar-refractivity contribution in [2.75, 3.05) is 39.5 Å². The maximum atomic E-state index is 7.03. The molecule has 0 aliphatic rings. The van der Waals surface area contributed by atoms with Crippen LogP contribution in [0, 0.1) is 5.41 Å². The summed E-state index contributed by atoms with van der Waals surface area (Å²) in [6.07, 6.45) is 0.937. The van der Waals surface area contributed by atoms with Gasteiger partial charge in [0, 0.05) is 39.0 Å². The van der Waals surface area contributed by atoms with Crippen LogP contribution < -0.4 is 16.4 Å². The Morgan fingerprint density at radius 1 is 1.00 bits per heavy atom. The zero-order chi connectivity index (χ0) is 15.3. The van der Waals surface area contributed by atoms with E-state index in [1.54, 1.807) is 0 Å². The molecule has 0 saturated heterocycles. The van der Waals surface area contributed by atoms with Crippen LogP contribution in [-0.4, -0.2) is 54.2 Å². The second kappa shape index (κ2) is 12.1. The topological polar surface area (TPSA) is 102 Å². The van der Waals surface area contributed by atoms with Crippen molar-refractivity contribution in [2.45, 2.75) is 33.2 Å². The Hall–Kier alpha value is -0.673. The van der Waals surface area contributed by atoms with Crippen LogP contribution >= 0.6 is 0 Å². The lowest BCUT2D eigenvalue weighted by molar-refractivity contribution is 0.0708. The number of guanidine groups is 1. The maximum Gasteiger partial charge on any atom is 0.500 e. The van der Waals surface area contributed by atoms with Gasteiger partial charge < -0.3 is 29.6 Å². The van der Waals surface area contributed by atoms with Crippen molar-refractivity contribution in [2.24, 2.45) is 5.73 Å². The monoisotopic (exact) mass is 306 g/mol. The molecular formula is C12H30N4O3Si. The standard InChI is InChI=1S/C12H30N4O3Si/c1-4-17-20(18-5-2,19-6-3)11-7-8-15-9-10-16-12(13)14/h15H,4-11H2,1-3H3,(H4,13,14,16). The predicted octanol–water partition coefficient (Wildman–Crippen LogP) is 0.498. The van der Waals surface area contributed by atoms with Crippen molar-refractivity contribution in [1.82, 2.24) is 10.6 Å². The largest absolute Gasteiger partial charge is 0.500 e. The van der Waals surface area contributed by atoms with E-state index in [1.165, 1.54) is 0 Å². The quantitative estimate of drug-likeness (QED) is 0.171. The van der Waals surface area contributed by atoms with Crippen molar-refractivity contribution in [1.29, 1.82) is 5.41 Å². The first-order valence-corrected chi connectivity index (χ1v) is 9.23. The Bertz CT molecular complexity index is 240. The van der Waals surface area contributed by atoms with Gasteiger partial charge in [-0.05, 0) is 33.7 Å². The molecule has 0 spiro atoms. The summed E-state index contributed by atoms with van der Waals surface area (Å²) in [6, 6.07) is 0.815. The number of nitrogens with one attached hydrogen (secondary N) is 3. The van der Waals surface area contributed by atoms with E-state index in [2.05, 4.69) is 10.6 Å². The van der Waals surface area contributed by atoms with E-state index < -0.39 is 8.80 Å². The normalized spacial score (nSPS) is 11.6. The third-order valence-electron chi connectivity index (χ3n) is 2.55. The summed E-state index contributed by atoms with van der Waals surface area (Å²) in [5.74, 6) is 0.00209. The average molecular weight is 306 g/mol. The highest BCUT2D eigenvalue weighted by Gasteiger charge is 2.39. The molecule has 0 aromatic carbocycles. The molecule has 0 rings (SSSR count). The van der Waals surface area contributed by atoms with Crippen LogP contribution in [0.1, 0.15) is 27.2 Å². The van der Waals surface area contributed by atoms with Crippen molar-refractivity contribution < 1.29 is 13.3 Å². The first-order valence-electron chi connectivity index (χ1n) is 7.30. The summed E-state index contributed by atoms with van der Waals surface area (Å²) in [4.78, 5) is 0. The Labute approximate surface area is 123 Å². The van der Waals surface area contributed by atoms with Gasteiger partial charge in [-0.1, -0.05) is 0 Å². The van der Waals surface area contributed by atoms with Gasteiger partial charge in [0.2, 0.25) is 0 Å². The lowest BCUT2D eigenvalue weighted by Gasteiger charge is -2.28. The molecule has 5 N–H and O–H groups in total. The van der Waals surface area contributed by atoms with Gasteiger partial charge in [0.25, 0.3) is 0 Å². The number of hydrogen-bond acceptors (Lipinski definition) is 5. The van der Waals surface area contributed by atoms with E-state index in [4.69, 9.17) is 24.4 Å². The van der Waals surface area contributed by atoms with Crippen molar-refractivity contribution in [3.8, 4) is 0 Å². The molecule has 0 aromatic rings. The van der Waals surface area contributed by atoms with Crippen LogP contribution in [0.15, 0.2) is 0 Å². The van der Waals surface area contributed by atoms with Gasteiger partial charge >= 0.3 is 8.80 Å². The Morgan fingerprint density at radius 2 is 1.55 bits per heavy atom. The molecule has 7 nitrogen and oxygen atoms in total. The lowest BCUT2D eigenvalue weighted by Crippen LogP contribution is -2.46. The molecule has 0 heterocycles. The van der Waals surface area contributed by atoms with Gasteiger partial charge in [-0.25, -0.2) is 0 Å². The van der Waals surface area contributed by atoms with E-state index in [0.717, 1.165) is 25.6 Å². The molecule has 120 valence electrons. The second-order valence-electron chi connectivity index (χ2n) is 4.18. The smallest absolute Gasteiger partial charge is 0.374 e. The molecule has 0 unspecified atom stereocenters. The highest BCUT2D eigenvalue weighted by molar-refractivity contribution is 6.60. The molecule has 0 aliphatic carbocycles. The Morgan fingerprint density at radius 3 is 2.00 bits per heavy atom. The third-order valence-corrected chi connectivity index (χ3v) is 5.70. The fraction of sp³-hybridized carbons (Fsp3) is 0.917. The molecule has 0 aromatic heterocycles. The molecule has 8 heteroatoms. The minimum atomic E-state index is -2.49. The molecule has 20 heavy (non-hydrogen) atoms. The van der Waals surface area contributed by atoms with E-state index >= 15 is 0 Å². The minimum Gasteiger partial charge on any atom is -0.374 e. The minimum absolute atomic E-state index is 0.00209. The second-order valence-corrected chi connectivity index (χ2v) is 6.91. The number of nitrogens with two attached hydrogens (primary N) is 1. The first-order chi connectivity index (χ1) is 9.60. The van der Waals surface area contributed by atoms with Gasteiger partial charge in [-0.2, -0.15) is 0 Å². The SMILES string of the molecule is CCO[Si](CCCNCCNC(=N)N)(OCC)OCC. The van der Waals surface area contributed by atoms with Gasteiger partial charge in [-0.15, -0.1) is 0 Å². The summed E-state index contributed by atoms with van der Waals surface area (Å²) in [5, 5.41) is 13.1. The van der Waals surface area contributed by atoms with E-state index in [9.17, 15) is 0 Å². The third kappa shape index (κ3) is 9.27. The molecule has 0 aliphatic heterocycles. The maximum absolute atomic E-state index is 7.03. The van der Waals surface area contributed by atoms with Crippen LogP contribution in [0.25, 0.3) is 0 Å². The number of rotatable bonds is 13. The summed E-state index contributed by atoms with van der Waals surface area (Å²) >= 11 is 0. The van der Waals surface area contributed by atoms with Crippen LogP contribution in [0.5, 0.6) is 0 Å². The Kier molecular flexibility index (Phi) is 11.7. The Balaban J connectivity index is 3.91. The fourth-order valence-corrected chi connectivity index (χ4v) is 4.45. The molecular weight excluding hydrogens is 276 g/mol.